The summed E-state index contributed by atoms with van der Waals surface area (Å²) in [7, 11) is 3.34. The van der Waals surface area contributed by atoms with E-state index in [1.54, 1.807) is 26.4 Å². The van der Waals surface area contributed by atoms with Crippen molar-refractivity contribution in [2.75, 3.05) is 33.9 Å². The molecule has 1 aliphatic heterocycles. The maximum Gasteiger partial charge on any atom is 0.160 e. The molecule has 0 radical (unpaired) electrons. The van der Waals surface area contributed by atoms with Crippen LogP contribution in [0.1, 0.15) is 23.5 Å². The third kappa shape index (κ3) is 3.30. The van der Waals surface area contributed by atoms with Crippen molar-refractivity contribution in [1.82, 2.24) is 4.90 Å². The van der Waals surface area contributed by atoms with Gasteiger partial charge in [0.25, 0.3) is 0 Å². The monoisotopic (exact) mass is 355 g/mol. The minimum atomic E-state index is -0.146. The maximum absolute atomic E-state index is 13.1. The summed E-state index contributed by atoms with van der Waals surface area (Å²) in [4.78, 5) is 2.58. The molecule has 26 heavy (non-hydrogen) atoms. The molecule has 0 amide bonds. The van der Waals surface area contributed by atoms with Gasteiger partial charge in [0, 0.05) is 19.6 Å². The molecule has 0 bridgehead atoms. The molecule has 2 aromatic rings. The molecule has 1 aliphatic carbocycles. The Morgan fingerprint density at radius 2 is 1.77 bits per heavy atom. The van der Waals surface area contributed by atoms with Crippen LogP contribution in [-0.2, 0) is 6.42 Å². The Bertz CT molecular complexity index is 761. The van der Waals surface area contributed by atoms with Gasteiger partial charge in [0.1, 0.15) is 5.82 Å². The normalized spacial score (nSPS) is 24.8. The van der Waals surface area contributed by atoms with Gasteiger partial charge in [-0.25, -0.2) is 4.39 Å². The SMILES string of the molecule is COc1ccc(CCN2CC3CC(c4ccc(F)cc4)C3C2)cc1OC. The van der Waals surface area contributed by atoms with Crippen LogP contribution >= 0.6 is 0 Å². The van der Waals surface area contributed by atoms with Gasteiger partial charge in [-0.2, -0.15) is 0 Å². The van der Waals surface area contributed by atoms with Gasteiger partial charge in [-0.15, -0.1) is 0 Å². The van der Waals surface area contributed by atoms with Crippen LogP contribution in [0.3, 0.4) is 0 Å². The van der Waals surface area contributed by atoms with Crippen molar-refractivity contribution in [3.63, 3.8) is 0 Å². The first-order valence-electron chi connectivity index (χ1n) is 9.36. The molecule has 2 fully saturated rings. The first-order chi connectivity index (χ1) is 12.7. The number of ether oxygens (including phenoxy) is 2. The van der Waals surface area contributed by atoms with E-state index >= 15 is 0 Å². The number of rotatable bonds is 6. The van der Waals surface area contributed by atoms with E-state index in [1.165, 1.54) is 24.1 Å². The second-order valence-electron chi connectivity index (χ2n) is 7.52. The molecular weight excluding hydrogens is 329 g/mol. The lowest BCUT2D eigenvalue weighted by Crippen LogP contribution is -2.33. The van der Waals surface area contributed by atoms with Crippen LogP contribution < -0.4 is 9.47 Å². The van der Waals surface area contributed by atoms with E-state index in [0.717, 1.165) is 42.8 Å². The number of fused-ring (bicyclic) bond motifs is 1. The summed E-state index contributed by atoms with van der Waals surface area (Å²) < 4.78 is 23.8. The summed E-state index contributed by atoms with van der Waals surface area (Å²) in [6.07, 6.45) is 2.25. The Balaban J connectivity index is 1.33. The second kappa shape index (κ2) is 7.28. The van der Waals surface area contributed by atoms with Crippen LogP contribution in [0, 0.1) is 17.7 Å². The van der Waals surface area contributed by atoms with E-state index in [4.69, 9.17) is 9.47 Å². The lowest BCUT2D eigenvalue weighted by atomic mass is 9.64. The molecule has 2 aromatic carbocycles. The fourth-order valence-electron chi connectivity index (χ4n) is 4.60. The molecule has 1 saturated carbocycles. The molecule has 0 spiro atoms. The van der Waals surface area contributed by atoms with Crippen LogP contribution in [-0.4, -0.2) is 38.8 Å². The van der Waals surface area contributed by atoms with Gasteiger partial charge in [-0.05, 0) is 66.0 Å². The Kier molecular flexibility index (Phi) is 4.86. The lowest BCUT2D eigenvalue weighted by Gasteiger charge is -2.40. The van der Waals surface area contributed by atoms with Gasteiger partial charge >= 0.3 is 0 Å². The van der Waals surface area contributed by atoms with Crippen molar-refractivity contribution < 1.29 is 13.9 Å². The molecule has 3 nitrogen and oxygen atoms in total. The number of halogens is 1. The van der Waals surface area contributed by atoms with E-state index in [1.807, 2.05) is 18.2 Å². The van der Waals surface area contributed by atoms with Crippen molar-refractivity contribution in [2.24, 2.45) is 11.8 Å². The summed E-state index contributed by atoms with van der Waals surface area (Å²) in [5.41, 5.74) is 2.58. The number of hydrogen-bond donors (Lipinski definition) is 0. The number of likely N-dealkylation sites (tertiary alicyclic amines) is 1. The van der Waals surface area contributed by atoms with Crippen molar-refractivity contribution >= 4 is 0 Å². The minimum absolute atomic E-state index is 0.146. The Hall–Kier alpha value is -2.07. The van der Waals surface area contributed by atoms with E-state index in [2.05, 4.69) is 17.0 Å². The summed E-state index contributed by atoms with van der Waals surface area (Å²) >= 11 is 0. The Morgan fingerprint density at radius 3 is 2.50 bits per heavy atom. The van der Waals surface area contributed by atoms with Gasteiger partial charge in [0.2, 0.25) is 0 Å². The molecule has 4 rings (SSSR count). The molecule has 138 valence electrons. The summed E-state index contributed by atoms with van der Waals surface area (Å²) in [6, 6.07) is 13.3. The molecule has 1 saturated heterocycles. The van der Waals surface area contributed by atoms with E-state index < -0.39 is 0 Å². The first kappa shape index (κ1) is 17.3. The zero-order valence-corrected chi connectivity index (χ0v) is 15.5. The predicted octanol–water partition coefficient (Wildman–Crippen LogP) is 4.12. The van der Waals surface area contributed by atoms with Gasteiger partial charge in [0.05, 0.1) is 14.2 Å². The summed E-state index contributed by atoms with van der Waals surface area (Å²) in [6.45, 7) is 3.41. The molecular formula is C22H26FNO2. The fraction of sp³-hybridized carbons (Fsp3) is 0.455. The predicted molar refractivity (Wildman–Crippen MR) is 100 cm³/mol. The van der Waals surface area contributed by atoms with Crippen molar-refractivity contribution in [3.8, 4) is 11.5 Å². The molecule has 0 aromatic heterocycles. The van der Waals surface area contributed by atoms with Gasteiger partial charge in [-0.3, -0.25) is 0 Å². The standard InChI is InChI=1S/C22H26FNO2/c1-25-21-8-3-15(11-22(21)26-2)9-10-24-13-17-12-19(20(17)14-24)16-4-6-18(23)7-5-16/h3-8,11,17,19-20H,9-10,12-14H2,1-2H3. The number of methoxy groups -OCH3 is 2. The fourth-order valence-corrected chi connectivity index (χ4v) is 4.60. The van der Waals surface area contributed by atoms with Crippen molar-refractivity contribution in [1.29, 1.82) is 0 Å². The average Bonchev–Trinajstić information content (AvgIpc) is 2.97. The largest absolute Gasteiger partial charge is 0.493 e. The van der Waals surface area contributed by atoms with Gasteiger partial charge in [-0.1, -0.05) is 18.2 Å². The van der Waals surface area contributed by atoms with E-state index in [9.17, 15) is 4.39 Å². The molecule has 3 atom stereocenters. The van der Waals surface area contributed by atoms with Crippen LogP contribution in [0.25, 0.3) is 0 Å². The average molecular weight is 355 g/mol. The highest BCUT2D eigenvalue weighted by Crippen LogP contribution is 2.51. The minimum Gasteiger partial charge on any atom is -0.493 e. The Labute approximate surface area is 154 Å². The smallest absolute Gasteiger partial charge is 0.160 e. The highest BCUT2D eigenvalue weighted by Gasteiger charge is 2.47. The third-order valence-electron chi connectivity index (χ3n) is 6.10. The topological polar surface area (TPSA) is 21.7 Å². The van der Waals surface area contributed by atoms with Crippen LogP contribution in [0.2, 0.25) is 0 Å². The lowest BCUT2D eigenvalue weighted by molar-refractivity contribution is 0.191. The van der Waals surface area contributed by atoms with Crippen LogP contribution in [0.15, 0.2) is 42.5 Å². The molecule has 0 N–H and O–H groups in total. The summed E-state index contributed by atoms with van der Waals surface area (Å²) in [5.74, 6) is 3.56. The summed E-state index contributed by atoms with van der Waals surface area (Å²) in [5, 5.41) is 0. The molecule has 2 aliphatic rings. The zero-order chi connectivity index (χ0) is 18.1. The van der Waals surface area contributed by atoms with Crippen LogP contribution in [0.5, 0.6) is 11.5 Å². The first-order valence-corrected chi connectivity index (χ1v) is 9.36. The second-order valence-corrected chi connectivity index (χ2v) is 7.52. The highest BCUT2D eigenvalue weighted by atomic mass is 19.1. The molecule has 1 heterocycles. The molecule has 3 unspecified atom stereocenters. The van der Waals surface area contributed by atoms with E-state index in [-0.39, 0.29) is 5.82 Å². The highest BCUT2D eigenvalue weighted by molar-refractivity contribution is 5.43. The van der Waals surface area contributed by atoms with Crippen LogP contribution in [0.4, 0.5) is 4.39 Å². The maximum atomic E-state index is 13.1. The van der Waals surface area contributed by atoms with Gasteiger partial charge < -0.3 is 14.4 Å². The third-order valence-corrected chi connectivity index (χ3v) is 6.10. The number of benzene rings is 2. The number of nitrogens with zero attached hydrogens (tertiary/aromatic N) is 1. The quantitative estimate of drug-likeness (QED) is 0.778. The number of hydrogen-bond acceptors (Lipinski definition) is 3. The van der Waals surface area contributed by atoms with Crippen molar-refractivity contribution in [2.45, 2.75) is 18.8 Å². The molecule has 4 heteroatoms. The van der Waals surface area contributed by atoms with Crippen molar-refractivity contribution in [3.05, 3.63) is 59.4 Å². The Morgan fingerprint density at radius 1 is 1.00 bits per heavy atom. The van der Waals surface area contributed by atoms with Gasteiger partial charge in [0.15, 0.2) is 11.5 Å². The zero-order valence-electron chi connectivity index (χ0n) is 15.5. The van der Waals surface area contributed by atoms with E-state index in [0.29, 0.717) is 5.92 Å².